The third kappa shape index (κ3) is 16.0. The van der Waals surface area contributed by atoms with E-state index in [2.05, 4.69) is 24.3 Å². The molecule has 3 aliphatic carbocycles. The Labute approximate surface area is 356 Å². The summed E-state index contributed by atoms with van der Waals surface area (Å²) < 4.78 is 10.4. The van der Waals surface area contributed by atoms with Crippen LogP contribution in [0.5, 0.6) is 28.7 Å². The van der Waals surface area contributed by atoms with Crippen LogP contribution >= 0.6 is 0 Å². The number of aryl methyl sites for hydroxylation is 2. The van der Waals surface area contributed by atoms with Crippen molar-refractivity contribution in [3.05, 3.63) is 148 Å². The molecule has 0 spiro atoms. The number of fused-ring (bicyclic) bond motifs is 3. The number of aromatic hydroxyl groups is 3. The molecule has 322 valence electrons. The highest BCUT2D eigenvalue weighted by Gasteiger charge is 2.18. The third-order valence-electron chi connectivity index (χ3n) is 10.7. The molecule has 3 aliphatic rings. The standard InChI is InChI=1S/2C11H15NO.C10H13NO.C9H13NO.C9H10O2/c1-13-11-5-3-8-6-10(12)4-2-9(8)7-11;1-13-11-5-3-8-2-4-10(12)6-9(8)7-11;11-8-4-5-9-7(6-8)2-1-3-10(9)12;2*1-7(10)6-8-2-4-9(11)5-3-8/h2*3,5,7,10H,2,4,6,12H2,1H3;1-3,8,12H,4-6,11H2;2-5,7,11H,6,10H2,1H3;2-5,11H,6H2,1H3. The van der Waals surface area contributed by atoms with Crippen molar-refractivity contribution in [1.82, 2.24) is 0 Å². The average Bonchev–Trinajstić information content (AvgIpc) is 3.22. The average molecular weight is 819 g/mol. The molecule has 4 unspecified atom stereocenters. The fourth-order valence-electron chi connectivity index (χ4n) is 7.50. The van der Waals surface area contributed by atoms with Crippen LogP contribution < -0.4 is 32.4 Å². The second kappa shape index (κ2) is 24.0. The minimum absolute atomic E-state index is 0.135. The van der Waals surface area contributed by atoms with E-state index in [0.29, 0.717) is 30.0 Å². The van der Waals surface area contributed by atoms with Gasteiger partial charge in [0, 0.05) is 30.6 Å². The van der Waals surface area contributed by atoms with Crippen LogP contribution in [0.2, 0.25) is 0 Å². The Balaban J connectivity index is 0.000000166. The maximum atomic E-state index is 10.6. The maximum absolute atomic E-state index is 10.6. The molecule has 0 aliphatic heterocycles. The first-order valence-electron chi connectivity index (χ1n) is 20.9. The number of hydrogen-bond donors (Lipinski definition) is 7. The lowest BCUT2D eigenvalue weighted by molar-refractivity contribution is -0.116. The monoisotopic (exact) mass is 818 g/mol. The Morgan fingerprint density at radius 1 is 0.617 bits per heavy atom. The van der Waals surface area contributed by atoms with Gasteiger partial charge in [-0.25, -0.2) is 0 Å². The van der Waals surface area contributed by atoms with Crippen molar-refractivity contribution in [2.75, 3.05) is 14.2 Å². The topological polar surface area (TPSA) is 200 Å². The smallest absolute Gasteiger partial charge is 0.134 e. The molecule has 0 bridgehead atoms. The molecule has 10 nitrogen and oxygen atoms in total. The molecule has 0 amide bonds. The molecule has 0 heterocycles. The van der Waals surface area contributed by atoms with Crippen molar-refractivity contribution in [3.63, 3.8) is 0 Å². The van der Waals surface area contributed by atoms with Gasteiger partial charge in [-0.2, -0.15) is 0 Å². The lowest BCUT2D eigenvalue weighted by atomic mass is 9.88. The molecule has 0 saturated heterocycles. The summed E-state index contributed by atoms with van der Waals surface area (Å²) in [5.41, 5.74) is 33.2. The van der Waals surface area contributed by atoms with Crippen molar-refractivity contribution in [2.24, 2.45) is 22.9 Å². The zero-order valence-electron chi connectivity index (χ0n) is 35.8. The first kappa shape index (κ1) is 47.3. The first-order valence-corrected chi connectivity index (χ1v) is 20.9. The van der Waals surface area contributed by atoms with Crippen molar-refractivity contribution in [2.45, 2.75) is 109 Å². The summed E-state index contributed by atoms with van der Waals surface area (Å²) in [4.78, 5) is 10.6. The van der Waals surface area contributed by atoms with Crippen LogP contribution in [0.15, 0.2) is 103 Å². The summed E-state index contributed by atoms with van der Waals surface area (Å²) in [5.74, 6) is 2.99. The minimum atomic E-state index is 0.135. The molecular formula is C50H66N4O6. The van der Waals surface area contributed by atoms with Gasteiger partial charge in [-0.15, -0.1) is 0 Å². The molecule has 10 heteroatoms. The van der Waals surface area contributed by atoms with E-state index in [0.717, 1.165) is 92.4 Å². The fourth-order valence-corrected chi connectivity index (χ4v) is 7.50. The van der Waals surface area contributed by atoms with Crippen LogP contribution in [0.3, 0.4) is 0 Å². The van der Waals surface area contributed by atoms with Gasteiger partial charge in [-0.1, -0.05) is 48.5 Å². The number of ketones is 1. The predicted molar refractivity (Wildman–Crippen MR) is 242 cm³/mol. The lowest BCUT2D eigenvalue weighted by Gasteiger charge is -2.21. The second-order valence-electron chi connectivity index (χ2n) is 16.1. The number of hydrogen-bond acceptors (Lipinski definition) is 10. The van der Waals surface area contributed by atoms with Crippen LogP contribution in [-0.4, -0.2) is 59.5 Å². The summed E-state index contributed by atoms with van der Waals surface area (Å²) in [5, 5.41) is 27.4. The van der Waals surface area contributed by atoms with E-state index < -0.39 is 0 Å². The molecule has 0 radical (unpaired) electrons. The Bertz CT molecular complexity index is 2070. The molecule has 8 rings (SSSR count). The Morgan fingerprint density at radius 2 is 1.10 bits per heavy atom. The molecule has 4 atom stereocenters. The van der Waals surface area contributed by atoms with E-state index >= 15 is 0 Å². The number of phenols is 3. The number of nitrogens with two attached hydrogens (primary N) is 4. The van der Waals surface area contributed by atoms with Gasteiger partial charge in [0.05, 0.1) is 14.2 Å². The number of carbonyl (C=O) groups excluding carboxylic acids is 1. The van der Waals surface area contributed by atoms with Crippen LogP contribution in [0, 0.1) is 0 Å². The van der Waals surface area contributed by atoms with Gasteiger partial charge in [0.2, 0.25) is 0 Å². The van der Waals surface area contributed by atoms with Gasteiger partial charge < -0.3 is 47.7 Å². The lowest BCUT2D eigenvalue weighted by Crippen LogP contribution is -2.27. The highest BCUT2D eigenvalue weighted by atomic mass is 16.5. The number of ether oxygens (including phenoxy) is 2. The normalized spacial score (nSPS) is 17.6. The van der Waals surface area contributed by atoms with Crippen molar-refractivity contribution in [3.8, 4) is 28.7 Å². The van der Waals surface area contributed by atoms with Gasteiger partial charge in [-0.3, -0.25) is 4.79 Å². The van der Waals surface area contributed by atoms with Gasteiger partial charge in [0.1, 0.15) is 34.5 Å². The number of methoxy groups -OCH3 is 2. The largest absolute Gasteiger partial charge is 0.508 e. The van der Waals surface area contributed by atoms with Crippen molar-refractivity contribution >= 4 is 5.78 Å². The predicted octanol–water partition coefficient (Wildman–Crippen LogP) is 7.04. The molecular weight excluding hydrogens is 753 g/mol. The molecule has 11 N–H and O–H groups in total. The summed E-state index contributed by atoms with van der Waals surface area (Å²) >= 11 is 0. The third-order valence-corrected chi connectivity index (χ3v) is 10.7. The number of rotatable bonds is 6. The van der Waals surface area contributed by atoms with Crippen LogP contribution in [0.1, 0.15) is 77.6 Å². The van der Waals surface area contributed by atoms with Crippen LogP contribution in [0.25, 0.3) is 0 Å². The van der Waals surface area contributed by atoms with Crippen LogP contribution in [-0.2, 0) is 56.2 Å². The van der Waals surface area contributed by atoms with Crippen molar-refractivity contribution < 1.29 is 29.6 Å². The van der Waals surface area contributed by atoms with Crippen LogP contribution in [0.4, 0.5) is 0 Å². The number of phenolic OH excluding ortho intramolecular Hbond substituents is 3. The maximum Gasteiger partial charge on any atom is 0.134 e. The Morgan fingerprint density at radius 3 is 1.65 bits per heavy atom. The molecule has 5 aromatic rings. The number of Topliss-reactive ketones (excluding diaryl/α,β-unsaturated/α-hetero) is 1. The van der Waals surface area contributed by atoms with Gasteiger partial charge >= 0.3 is 0 Å². The molecule has 0 fully saturated rings. The zero-order valence-corrected chi connectivity index (χ0v) is 35.8. The summed E-state index contributed by atoms with van der Waals surface area (Å²) in [7, 11) is 3.40. The summed E-state index contributed by atoms with van der Waals surface area (Å²) in [6.45, 7) is 3.51. The first-order chi connectivity index (χ1) is 28.7. The number of carbonyl (C=O) groups is 1. The Hall–Kier alpha value is -5.39. The van der Waals surface area contributed by atoms with E-state index in [1.165, 1.54) is 27.8 Å². The van der Waals surface area contributed by atoms with E-state index in [1.807, 2.05) is 43.3 Å². The fraction of sp³-hybridized carbons (Fsp3) is 0.380. The molecule has 60 heavy (non-hydrogen) atoms. The highest BCUT2D eigenvalue weighted by molar-refractivity contribution is 5.78. The number of benzene rings is 5. The van der Waals surface area contributed by atoms with E-state index in [9.17, 15) is 9.90 Å². The second-order valence-corrected chi connectivity index (χ2v) is 16.1. The van der Waals surface area contributed by atoms with Gasteiger partial charge in [0.25, 0.3) is 0 Å². The Kier molecular flexibility index (Phi) is 18.9. The zero-order chi connectivity index (χ0) is 43.6. The summed E-state index contributed by atoms with van der Waals surface area (Å²) in [6, 6.07) is 33.2. The SMILES string of the molecule is CC(=O)Cc1ccc(O)cc1.CC(N)Cc1ccc(O)cc1.COc1ccc2c(c1)CC(N)CC2.COc1ccc2c(c1)CCC(N)C2.NC1CCc2c(O)cccc2C1. The van der Waals surface area contributed by atoms with E-state index in [-0.39, 0.29) is 23.6 Å². The quantitative estimate of drug-likeness (QED) is 0.0933. The summed E-state index contributed by atoms with van der Waals surface area (Å²) in [6.07, 6.45) is 10.5. The minimum Gasteiger partial charge on any atom is -0.508 e. The molecule has 5 aromatic carbocycles. The highest BCUT2D eigenvalue weighted by Crippen LogP contribution is 2.28. The van der Waals surface area contributed by atoms with Gasteiger partial charge in [-0.05, 0) is 177 Å². The van der Waals surface area contributed by atoms with E-state index in [1.54, 1.807) is 63.6 Å². The molecule has 0 saturated carbocycles. The molecule has 0 aromatic heterocycles. The van der Waals surface area contributed by atoms with Crippen molar-refractivity contribution in [1.29, 1.82) is 0 Å². The van der Waals surface area contributed by atoms with E-state index in [4.69, 9.17) is 42.6 Å². The van der Waals surface area contributed by atoms with Gasteiger partial charge in [0.15, 0.2) is 0 Å².